The standard InChI is InChI=1S/C22H25ClN2O2S2/c1-12(2)11-28-22-24-20-19(15-7-5-13(3)9-18(15)29-20)21(26)25(22)16-10-14(23)6-8-17(16)27-4/h6,8,10,12-13H,5,7,9,11H2,1-4H3. The molecular weight excluding hydrogens is 424 g/mol. The lowest BCUT2D eigenvalue weighted by Gasteiger charge is -2.18. The van der Waals surface area contributed by atoms with Crippen LogP contribution >= 0.6 is 34.7 Å². The number of thioether (sulfide) groups is 1. The smallest absolute Gasteiger partial charge is 0.267 e. The molecule has 0 saturated heterocycles. The zero-order valence-corrected chi connectivity index (χ0v) is 19.5. The Morgan fingerprint density at radius 1 is 1.41 bits per heavy atom. The Kier molecular flexibility index (Phi) is 5.96. The minimum absolute atomic E-state index is 0.0196. The van der Waals surface area contributed by atoms with E-state index in [-0.39, 0.29) is 5.56 Å². The van der Waals surface area contributed by atoms with Crippen LogP contribution in [0.1, 0.15) is 37.6 Å². The van der Waals surface area contributed by atoms with Crippen LogP contribution in [0.2, 0.25) is 5.02 Å². The summed E-state index contributed by atoms with van der Waals surface area (Å²) >= 11 is 9.59. The molecular formula is C22H25ClN2O2S2. The van der Waals surface area contributed by atoms with Crippen LogP contribution in [0, 0.1) is 11.8 Å². The van der Waals surface area contributed by atoms with Crippen molar-refractivity contribution in [3.8, 4) is 11.4 Å². The molecule has 0 spiro atoms. The van der Waals surface area contributed by atoms with E-state index >= 15 is 0 Å². The highest BCUT2D eigenvalue weighted by Crippen LogP contribution is 2.38. The van der Waals surface area contributed by atoms with Crippen LogP contribution in [0.5, 0.6) is 5.75 Å². The molecule has 7 heteroatoms. The van der Waals surface area contributed by atoms with E-state index < -0.39 is 0 Å². The SMILES string of the molecule is COc1ccc(Cl)cc1-n1c(SCC(C)C)nc2sc3c(c2c1=O)CCC(C)C3. The topological polar surface area (TPSA) is 44.1 Å². The van der Waals surface area contributed by atoms with E-state index in [2.05, 4.69) is 20.8 Å². The largest absolute Gasteiger partial charge is 0.495 e. The van der Waals surface area contributed by atoms with Gasteiger partial charge in [0, 0.05) is 15.7 Å². The molecule has 3 aromatic rings. The first-order chi connectivity index (χ1) is 13.9. The van der Waals surface area contributed by atoms with Crippen molar-refractivity contribution in [3.63, 3.8) is 0 Å². The monoisotopic (exact) mass is 448 g/mol. The normalized spacial score (nSPS) is 16.4. The number of nitrogens with zero attached hydrogens (tertiary/aromatic N) is 2. The van der Waals surface area contributed by atoms with Gasteiger partial charge in [0.25, 0.3) is 5.56 Å². The first-order valence-corrected chi connectivity index (χ1v) is 12.1. The van der Waals surface area contributed by atoms with Gasteiger partial charge in [0.15, 0.2) is 5.16 Å². The van der Waals surface area contributed by atoms with Crippen LogP contribution in [0.4, 0.5) is 0 Å². The Morgan fingerprint density at radius 3 is 2.93 bits per heavy atom. The van der Waals surface area contributed by atoms with Crippen molar-refractivity contribution in [3.05, 3.63) is 44.0 Å². The highest BCUT2D eigenvalue weighted by Gasteiger charge is 2.26. The van der Waals surface area contributed by atoms with Gasteiger partial charge in [-0.15, -0.1) is 11.3 Å². The number of rotatable bonds is 5. The minimum Gasteiger partial charge on any atom is -0.495 e. The van der Waals surface area contributed by atoms with Gasteiger partial charge < -0.3 is 4.74 Å². The molecule has 0 N–H and O–H groups in total. The van der Waals surface area contributed by atoms with Crippen molar-refractivity contribution in [2.24, 2.45) is 11.8 Å². The fraction of sp³-hybridized carbons (Fsp3) is 0.455. The van der Waals surface area contributed by atoms with Crippen molar-refractivity contribution in [1.29, 1.82) is 0 Å². The maximum atomic E-state index is 13.8. The van der Waals surface area contributed by atoms with Crippen molar-refractivity contribution in [2.75, 3.05) is 12.9 Å². The Bertz CT molecular complexity index is 1120. The number of aromatic nitrogens is 2. The van der Waals surface area contributed by atoms with Crippen LogP contribution in [-0.4, -0.2) is 22.4 Å². The predicted octanol–water partition coefficient (Wildman–Crippen LogP) is 5.98. The zero-order chi connectivity index (χ0) is 20.7. The molecule has 2 aromatic heterocycles. The van der Waals surface area contributed by atoms with E-state index in [0.29, 0.717) is 33.5 Å². The number of aryl methyl sites for hydroxylation is 1. The first kappa shape index (κ1) is 20.8. The van der Waals surface area contributed by atoms with Crippen molar-refractivity contribution < 1.29 is 4.74 Å². The molecule has 1 unspecified atom stereocenters. The van der Waals surface area contributed by atoms with E-state index in [9.17, 15) is 4.79 Å². The summed E-state index contributed by atoms with van der Waals surface area (Å²) in [6.07, 6.45) is 3.09. The average Bonchev–Trinajstić information content (AvgIpc) is 3.03. The summed E-state index contributed by atoms with van der Waals surface area (Å²) in [5, 5.41) is 2.03. The summed E-state index contributed by atoms with van der Waals surface area (Å²) in [5.41, 5.74) is 1.82. The number of hydrogen-bond acceptors (Lipinski definition) is 5. The van der Waals surface area contributed by atoms with Gasteiger partial charge in [-0.3, -0.25) is 9.36 Å². The predicted molar refractivity (Wildman–Crippen MR) is 124 cm³/mol. The molecule has 154 valence electrons. The summed E-state index contributed by atoms with van der Waals surface area (Å²) in [6, 6.07) is 5.36. The molecule has 0 amide bonds. The van der Waals surface area contributed by atoms with E-state index in [0.717, 1.165) is 35.2 Å². The number of ether oxygens (including phenoxy) is 1. The van der Waals surface area contributed by atoms with Gasteiger partial charge in [0.2, 0.25) is 0 Å². The Balaban J connectivity index is 2.00. The van der Waals surface area contributed by atoms with E-state index in [1.54, 1.807) is 53.0 Å². The lowest BCUT2D eigenvalue weighted by molar-refractivity contribution is 0.411. The average molecular weight is 449 g/mol. The molecule has 1 aliphatic rings. The lowest BCUT2D eigenvalue weighted by atomic mass is 9.89. The van der Waals surface area contributed by atoms with Crippen molar-refractivity contribution in [1.82, 2.24) is 9.55 Å². The molecule has 0 aliphatic heterocycles. The van der Waals surface area contributed by atoms with E-state index in [1.807, 2.05) is 0 Å². The highest BCUT2D eigenvalue weighted by atomic mass is 35.5. The third-order valence-electron chi connectivity index (χ3n) is 5.23. The summed E-state index contributed by atoms with van der Waals surface area (Å²) in [5.74, 6) is 2.63. The summed E-state index contributed by atoms with van der Waals surface area (Å²) in [6.45, 7) is 6.61. The first-order valence-electron chi connectivity index (χ1n) is 9.93. The van der Waals surface area contributed by atoms with Crippen molar-refractivity contribution in [2.45, 2.75) is 45.2 Å². The van der Waals surface area contributed by atoms with Gasteiger partial charge in [0.05, 0.1) is 18.2 Å². The fourth-order valence-corrected chi connectivity index (χ4v) is 6.31. The third kappa shape index (κ3) is 3.94. The number of fused-ring (bicyclic) bond motifs is 3. The second-order valence-corrected chi connectivity index (χ2v) is 10.6. The van der Waals surface area contributed by atoms with Gasteiger partial charge in [-0.2, -0.15) is 0 Å². The lowest BCUT2D eigenvalue weighted by Crippen LogP contribution is -2.23. The van der Waals surface area contributed by atoms with Crippen molar-refractivity contribution >= 4 is 44.9 Å². The van der Waals surface area contributed by atoms with Gasteiger partial charge >= 0.3 is 0 Å². The molecule has 4 nitrogen and oxygen atoms in total. The summed E-state index contributed by atoms with van der Waals surface area (Å²) in [7, 11) is 1.61. The molecule has 1 atom stereocenters. The number of halogens is 1. The Hall–Kier alpha value is -1.50. The van der Waals surface area contributed by atoms with Crippen LogP contribution in [0.15, 0.2) is 28.2 Å². The molecule has 4 rings (SSSR count). The van der Waals surface area contributed by atoms with Crippen LogP contribution in [-0.2, 0) is 12.8 Å². The quantitative estimate of drug-likeness (QED) is 0.355. The van der Waals surface area contributed by atoms with E-state index in [4.69, 9.17) is 21.3 Å². The minimum atomic E-state index is -0.0196. The maximum Gasteiger partial charge on any atom is 0.267 e. The molecule has 29 heavy (non-hydrogen) atoms. The fourth-order valence-electron chi connectivity index (χ4n) is 3.76. The van der Waals surface area contributed by atoms with Gasteiger partial charge in [0.1, 0.15) is 10.6 Å². The van der Waals surface area contributed by atoms with Crippen LogP contribution in [0.25, 0.3) is 15.9 Å². The zero-order valence-electron chi connectivity index (χ0n) is 17.1. The highest BCUT2D eigenvalue weighted by molar-refractivity contribution is 7.99. The molecule has 1 aromatic carbocycles. The summed E-state index contributed by atoms with van der Waals surface area (Å²) < 4.78 is 7.26. The summed E-state index contributed by atoms with van der Waals surface area (Å²) in [4.78, 5) is 20.9. The Morgan fingerprint density at radius 2 is 2.21 bits per heavy atom. The molecule has 2 heterocycles. The second-order valence-electron chi connectivity index (χ2n) is 8.09. The van der Waals surface area contributed by atoms with Crippen LogP contribution in [0.3, 0.4) is 0 Å². The van der Waals surface area contributed by atoms with Gasteiger partial charge in [-0.05, 0) is 54.9 Å². The molecule has 0 fully saturated rings. The molecule has 0 saturated carbocycles. The molecule has 0 bridgehead atoms. The number of thiophene rings is 1. The Labute approximate surface area is 184 Å². The van der Waals surface area contributed by atoms with Gasteiger partial charge in [-0.1, -0.05) is 44.1 Å². The maximum absolute atomic E-state index is 13.8. The van der Waals surface area contributed by atoms with Gasteiger partial charge in [-0.25, -0.2) is 4.98 Å². The molecule has 1 aliphatic carbocycles. The number of benzene rings is 1. The number of methoxy groups -OCH3 is 1. The second kappa shape index (κ2) is 8.32. The van der Waals surface area contributed by atoms with E-state index in [1.165, 1.54) is 10.4 Å². The van der Waals surface area contributed by atoms with Crippen LogP contribution < -0.4 is 10.3 Å². The number of hydrogen-bond donors (Lipinski definition) is 0. The molecule has 0 radical (unpaired) electrons. The third-order valence-corrected chi connectivity index (χ3v) is 7.97.